The van der Waals surface area contributed by atoms with Gasteiger partial charge < -0.3 is 20.5 Å². The Kier molecular flexibility index (Phi) is 5.67. The van der Waals surface area contributed by atoms with Gasteiger partial charge in [-0.05, 0) is 25.1 Å². The van der Waals surface area contributed by atoms with Gasteiger partial charge in [-0.3, -0.25) is 14.4 Å². The number of carboxylic acids is 1. The highest BCUT2D eigenvalue weighted by Gasteiger charge is 2.20. The summed E-state index contributed by atoms with van der Waals surface area (Å²) in [6.07, 6.45) is 0. The Balaban J connectivity index is 2.71. The number of nitrogens with one attached hydrogen (secondary N) is 2. The number of carboxylic acid groups (broad SMARTS) is 1. The summed E-state index contributed by atoms with van der Waals surface area (Å²) in [5.74, 6) is -3.30. The van der Waals surface area contributed by atoms with Crippen LogP contribution in [0.2, 0.25) is 0 Å². The number of anilines is 2. The third-order valence-electron chi connectivity index (χ3n) is 2.45. The third kappa shape index (κ3) is 4.69. The molecule has 1 unspecified atom stereocenters. The summed E-state index contributed by atoms with van der Waals surface area (Å²) in [5.41, 5.74) is 0.881. The Morgan fingerprint density at radius 2 is 1.85 bits per heavy atom. The highest BCUT2D eigenvalue weighted by molar-refractivity contribution is 6.04. The minimum absolute atomic E-state index is 0.0768. The number of amides is 2. The van der Waals surface area contributed by atoms with Crippen molar-refractivity contribution in [3.05, 3.63) is 24.3 Å². The SMILES string of the molecule is COCC(=O)Nc1cccc(NC(=O)C(C)C(=O)O)c1. The molecule has 0 fully saturated rings. The van der Waals surface area contributed by atoms with Crippen molar-refractivity contribution in [1.29, 1.82) is 0 Å². The molecule has 0 aliphatic carbocycles. The third-order valence-corrected chi connectivity index (χ3v) is 2.45. The predicted octanol–water partition coefficient (Wildman–Crippen LogP) is 0.931. The maximum Gasteiger partial charge on any atom is 0.315 e. The van der Waals surface area contributed by atoms with E-state index in [4.69, 9.17) is 5.11 Å². The number of methoxy groups -OCH3 is 1. The van der Waals surface area contributed by atoms with E-state index < -0.39 is 17.8 Å². The summed E-state index contributed by atoms with van der Waals surface area (Å²) in [4.78, 5) is 33.6. The van der Waals surface area contributed by atoms with E-state index in [0.717, 1.165) is 0 Å². The number of carbonyl (C=O) groups excluding carboxylic acids is 2. The predicted molar refractivity (Wildman–Crippen MR) is 72.4 cm³/mol. The van der Waals surface area contributed by atoms with Gasteiger partial charge in [-0.15, -0.1) is 0 Å². The molecule has 7 nitrogen and oxygen atoms in total. The quantitative estimate of drug-likeness (QED) is 0.672. The fraction of sp³-hybridized carbons (Fsp3) is 0.308. The van der Waals surface area contributed by atoms with E-state index in [2.05, 4.69) is 15.4 Å². The molecule has 0 radical (unpaired) electrons. The van der Waals surface area contributed by atoms with Gasteiger partial charge >= 0.3 is 5.97 Å². The van der Waals surface area contributed by atoms with E-state index in [9.17, 15) is 14.4 Å². The molecule has 0 heterocycles. The second-order valence-electron chi connectivity index (χ2n) is 4.11. The van der Waals surface area contributed by atoms with Crippen LogP contribution in [-0.4, -0.2) is 36.6 Å². The van der Waals surface area contributed by atoms with Gasteiger partial charge in [-0.25, -0.2) is 0 Å². The normalized spacial score (nSPS) is 11.5. The first-order valence-corrected chi connectivity index (χ1v) is 5.86. The molecular weight excluding hydrogens is 264 g/mol. The number of rotatable bonds is 6. The fourth-order valence-corrected chi connectivity index (χ4v) is 1.37. The highest BCUT2D eigenvalue weighted by atomic mass is 16.5. The summed E-state index contributed by atoms with van der Waals surface area (Å²) >= 11 is 0. The lowest BCUT2D eigenvalue weighted by Gasteiger charge is -2.10. The van der Waals surface area contributed by atoms with Crippen molar-refractivity contribution in [3.63, 3.8) is 0 Å². The molecule has 1 aromatic carbocycles. The summed E-state index contributed by atoms with van der Waals surface area (Å²) in [6, 6.07) is 6.39. The minimum atomic E-state index is -1.20. The average molecular weight is 280 g/mol. The molecule has 0 spiro atoms. The second kappa shape index (κ2) is 7.25. The van der Waals surface area contributed by atoms with E-state index in [1.165, 1.54) is 20.1 Å². The van der Waals surface area contributed by atoms with Crippen LogP contribution in [0.1, 0.15) is 6.92 Å². The Morgan fingerprint density at radius 1 is 1.25 bits per heavy atom. The van der Waals surface area contributed by atoms with Crippen LogP contribution in [-0.2, 0) is 19.1 Å². The maximum absolute atomic E-state index is 11.6. The zero-order valence-corrected chi connectivity index (χ0v) is 11.2. The van der Waals surface area contributed by atoms with Crippen molar-refractivity contribution in [2.24, 2.45) is 5.92 Å². The summed E-state index contributed by atoms with van der Waals surface area (Å²) in [7, 11) is 1.41. The monoisotopic (exact) mass is 280 g/mol. The van der Waals surface area contributed by atoms with Crippen LogP contribution in [0.15, 0.2) is 24.3 Å². The molecule has 1 rings (SSSR count). The van der Waals surface area contributed by atoms with Crippen LogP contribution in [0.4, 0.5) is 11.4 Å². The minimum Gasteiger partial charge on any atom is -0.481 e. The number of benzene rings is 1. The number of ether oxygens (including phenoxy) is 1. The standard InChI is InChI=1S/C13H16N2O5/c1-8(13(18)19)12(17)15-10-5-3-4-9(6-10)14-11(16)7-20-2/h3-6,8H,7H2,1-2H3,(H,14,16)(H,15,17)(H,18,19). The molecule has 20 heavy (non-hydrogen) atoms. The smallest absolute Gasteiger partial charge is 0.315 e. The molecule has 0 saturated heterocycles. The summed E-state index contributed by atoms with van der Waals surface area (Å²) in [5, 5.41) is 13.8. The molecule has 0 aliphatic heterocycles. The number of hydrogen-bond acceptors (Lipinski definition) is 4. The lowest BCUT2D eigenvalue weighted by molar-refractivity contribution is -0.144. The van der Waals surface area contributed by atoms with Crippen molar-refractivity contribution in [1.82, 2.24) is 0 Å². The van der Waals surface area contributed by atoms with Crippen molar-refractivity contribution in [2.75, 3.05) is 24.4 Å². The zero-order chi connectivity index (χ0) is 15.1. The van der Waals surface area contributed by atoms with Crippen LogP contribution in [0.3, 0.4) is 0 Å². The first-order chi connectivity index (χ1) is 9.43. The van der Waals surface area contributed by atoms with Gasteiger partial charge in [0.05, 0.1) is 0 Å². The van der Waals surface area contributed by atoms with Gasteiger partial charge in [-0.1, -0.05) is 6.07 Å². The van der Waals surface area contributed by atoms with Gasteiger partial charge in [-0.2, -0.15) is 0 Å². The van der Waals surface area contributed by atoms with Crippen molar-refractivity contribution < 1.29 is 24.2 Å². The first kappa shape index (κ1) is 15.6. The molecule has 108 valence electrons. The Morgan fingerprint density at radius 3 is 2.40 bits per heavy atom. The number of aliphatic carboxylic acids is 1. The number of hydrogen-bond donors (Lipinski definition) is 3. The fourth-order valence-electron chi connectivity index (χ4n) is 1.37. The van der Waals surface area contributed by atoms with E-state index in [0.29, 0.717) is 11.4 Å². The zero-order valence-electron chi connectivity index (χ0n) is 11.2. The van der Waals surface area contributed by atoms with Crippen LogP contribution in [0.25, 0.3) is 0 Å². The van der Waals surface area contributed by atoms with E-state index in [1.54, 1.807) is 18.2 Å². The van der Waals surface area contributed by atoms with Gasteiger partial charge in [0.25, 0.3) is 0 Å². The molecule has 0 aliphatic rings. The van der Waals surface area contributed by atoms with Crippen LogP contribution in [0, 0.1) is 5.92 Å². The van der Waals surface area contributed by atoms with Crippen molar-refractivity contribution in [2.45, 2.75) is 6.92 Å². The first-order valence-electron chi connectivity index (χ1n) is 5.86. The molecular formula is C13H16N2O5. The molecule has 2 amide bonds. The molecule has 0 saturated carbocycles. The van der Waals surface area contributed by atoms with Crippen molar-refractivity contribution >= 4 is 29.2 Å². The molecule has 7 heteroatoms. The highest BCUT2D eigenvalue weighted by Crippen LogP contribution is 2.16. The van der Waals surface area contributed by atoms with E-state index >= 15 is 0 Å². The van der Waals surface area contributed by atoms with E-state index in [1.807, 2.05) is 0 Å². The van der Waals surface area contributed by atoms with Crippen LogP contribution < -0.4 is 10.6 Å². The van der Waals surface area contributed by atoms with E-state index in [-0.39, 0.29) is 12.5 Å². The molecule has 1 atom stereocenters. The van der Waals surface area contributed by atoms with Crippen LogP contribution >= 0.6 is 0 Å². The lowest BCUT2D eigenvalue weighted by atomic mass is 10.1. The summed E-state index contributed by atoms with van der Waals surface area (Å²) < 4.78 is 4.68. The van der Waals surface area contributed by atoms with Gasteiger partial charge in [0, 0.05) is 18.5 Å². The average Bonchev–Trinajstić information content (AvgIpc) is 2.38. The Labute approximate surface area is 115 Å². The largest absolute Gasteiger partial charge is 0.481 e. The molecule has 1 aromatic rings. The van der Waals surface area contributed by atoms with Gasteiger partial charge in [0.15, 0.2) is 0 Å². The number of carbonyl (C=O) groups is 3. The maximum atomic E-state index is 11.6. The Bertz CT molecular complexity index is 515. The van der Waals surface area contributed by atoms with Gasteiger partial charge in [0.2, 0.25) is 11.8 Å². The topological polar surface area (TPSA) is 105 Å². The molecule has 0 bridgehead atoms. The molecule has 0 aromatic heterocycles. The Hall–Kier alpha value is -2.41. The second-order valence-corrected chi connectivity index (χ2v) is 4.11. The van der Waals surface area contributed by atoms with Gasteiger partial charge in [0.1, 0.15) is 12.5 Å². The van der Waals surface area contributed by atoms with Crippen molar-refractivity contribution in [3.8, 4) is 0 Å². The van der Waals surface area contributed by atoms with Crippen LogP contribution in [0.5, 0.6) is 0 Å². The summed E-state index contributed by atoms with van der Waals surface area (Å²) in [6.45, 7) is 1.22. The molecule has 3 N–H and O–H groups in total. The lowest BCUT2D eigenvalue weighted by Crippen LogP contribution is -2.26.